The molecule has 3 aromatic rings. The Bertz CT molecular complexity index is 1250. The maximum absolute atomic E-state index is 12.8. The van der Waals surface area contributed by atoms with E-state index in [1.165, 1.54) is 0 Å². The van der Waals surface area contributed by atoms with Gasteiger partial charge in [-0.25, -0.2) is 9.59 Å². The van der Waals surface area contributed by atoms with Crippen molar-refractivity contribution in [1.82, 2.24) is 15.6 Å². The first-order chi connectivity index (χ1) is 16.5. The van der Waals surface area contributed by atoms with Gasteiger partial charge in [-0.15, -0.1) is 0 Å². The number of carbonyl (C=O) groups excluding carboxylic acids is 3. The Morgan fingerprint density at radius 2 is 1.79 bits per heavy atom. The largest absolute Gasteiger partial charge is 0.497 e. The molecule has 1 aromatic heterocycles. The summed E-state index contributed by atoms with van der Waals surface area (Å²) in [6.45, 7) is 1.56. The minimum Gasteiger partial charge on any atom is -0.497 e. The third-order valence-corrected chi connectivity index (χ3v) is 5.49. The van der Waals surface area contributed by atoms with Crippen LogP contribution in [0, 0.1) is 0 Å². The molecule has 0 aliphatic carbocycles. The molecular formula is C25H25N3O6. The number of amides is 2. The van der Waals surface area contributed by atoms with Crippen LogP contribution in [-0.4, -0.2) is 43.3 Å². The number of hydrogen-bond acceptors (Lipinski definition) is 6. The number of rotatable bonds is 8. The Morgan fingerprint density at radius 3 is 2.53 bits per heavy atom. The van der Waals surface area contributed by atoms with Gasteiger partial charge in [0.25, 0.3) is 0 Å². The monoisotopic (exact) mass is 463 g/mol. The van der Waals surface area contributed by atoms with Crippen LogP contribution in [0.2, 0.25) is 0 Å². The van der Waals surface area contributed by atoms with Gasteiger partial charge in [-0.2, -0.15) is 0 Å². The van der Waals surface area contributed by atoms with Crippen LogP contribution in [0.15, 0.2) is 66.0 Å². The number of esters is 2. The predicted octanol–water partition coefficient (Wildman–Crippen LogP) is 3.13. The van der Waals surface area contributed by atoms with E-state index >= 15 is 0 Å². The van der Waals surface area contributed by atoms with Crippen molar-refractivity contribution >= 4 is 28.9 Å². The molecule has 3 N–H and O–H groups in total. The fraction of sp³-hybridized carbons (Fsp3) is 0.240. The second-order valence-corrected chi connectivity index (χ2v) is 7.61. The zero-order valence-electron chi connectivity index (χ0n) is 18.8. The molecule has 1 atom stereocenters. The minimum absolute atomic E-state index is 0.0418. The molecule has 1 aliphatic heterocycles. The first-order valence-electron chi connectivity index (χ1n) is 10.8. The number of H-pyrrole nitrogens is 1. The Morgan fingerprint density at radius 1 is 1.03 bits per heavy atom. The van der Waals surface area contributed by atoms with Crippen molar-refractivity contribution in [3.63, 3.8) is 0 Å². The van der Waals surface area contributed by atoms with Crippen LogP contribution in [0.3, 0.4) is 0 Å². The van der Waals surface area contributed by atoms with E-state index in [0.717, 1.165) is 16.5 Å². The number of urea groups is 1. The summed E-state index contributed by atoms with van der Waals surface area (Å²) >= 11 is 0. The topological polar surface area (TPSA) is 119 Å². The smallest absolute Gasteiger partial charge is 0.338 e. The molecule has 176 valence electrons. The molecule has 0 fully saturated rings. The molecule has 2 heterocycles. The Hall–Kier alpha value is -4.27. The highest BCUT2D eigenvalue weighted by atomic mass is 16.5. The number of ether oxygens (including phenoxy) is 3. The third kappa shape index (κ3) is 4.88. The molecule has 0 saturated heterocycles. The highest BCUT2D eigenvalue weighted by Gasteiger charge is 2.34. The summed E-state index contributed by atoms with van der Waals surface area (Å²) in [6, 6.07) is 13.3. The normalized spacial score (nSPS) is 15.5. The van der Waals surface area contributed by atoms with E-state index in [2.05, 4.69) is 15.6 Å². The van der Waals surface area contributed by atoms with Crippen molar-refractivity contribution in [1.29, 1.82) is 0 Å². The number of aromatic nitrogens is 1. The molecule has 2 amide bonds. The molecule has 0 unspecified atom stereocenters. The summed E-state index contributed by atoms with van der Waals surface area (Å²) in [5.74, 6) is -0.468. The number of hydrogen-bond donors (Lipinski definition) is 3. The molecule has 2 aromatic carbocycles. The van der Waals surface area contributed by atoms with Crippen LogP contribution in [-0.2, 0) is 25.5 Å². The zero-order chi connectivity index (χ0) is 24.1. The molecule has 0 saturated carbocycles. The summed E-state index contributed by atoms with van der Waals surface area (Å²) in [5.41, 5.74) is 2.72. The van der Waals surface area contributed by atoms with E-state index in [-0.39, 0.29) is 30.9 Å². The molecule has 9 nitrogen and oxygen atoms in total. The number of fused-ring (bicyclic) bond motifs is 1. The Balaban J connectivity index is 1.57. The van der Waals surface area contributed by atoms with Gasteiger partial charge >= 0.3 is 18.0 Å². The lowest BCUT2D eigenvalue weighted by Crippen LogP contribution is -2.47. The van der Waals surface area contributed by atoms with Gasteiger partial charge in [0.05, 0.1) is 37.4 Å². The molecule has 1 aliphatic rings. The van der Waals surface area contributed by atoms with Gasteiger partial charge in [0.15, 0.2) is 0 Å². The van der Waals surface area contributed by atoms with E-state index in [9.17, 15) is 14.4 Å². The second-order valence-electron chi connectivity index (χ2n) is 7.61. The van der Waals surface area contributed by atoms with Crippen LogP contribution in [0.1, 0.15) is 24.1 Å². The highest BCUT2D eigenvalue weighted by Crippen LogP contribution is 2.29. The van der Waals surface area contributed by atoms with Gasteiger partial charge in [-0.1, -0.05) is 30.3 Å². The van der Waals surface area contributed by atoms with Crippen molar-refractivity contribution < 1.29 is 28.6 Å². The number of methoxy groups -OCH3 is 1. The third-order valence-electron chi connectivity index (χ3n) is 5.49. The van der Waals surface area contributed by atoms with Gasteiger partial charge < -0.3 is 29.8 Å². The number of nitrogens with one attached hydrogen (secondary N) is 3. The quantitative estimate of drug-likeness (QED) is 0.442. The fourth-order valence-corrected chi connectivity index (χ4v) is 3.87. The van der Waals surface area contributed by atoms with Gasteiger partial charge in [0.1, 0.15) is 12.4 Å². The van der Waals surface area contributed by atoms with Crippen molar-refractivity contribution in [3.05, 3.63) is 77.1 Å². The van der Waals surface area contributed by atoms with Crippen molar-refractivity contribution in [2.75, 3.05) is 20.3 Å². The number of carbonyl (C=O) groups is 3. The molecular weight excluding hydrogens is 438 g/mol. The fourth-order valence-electron chi connectivity index (χ4n) is 3.87. The average molecular weight is 463 g/mol. The van der Waals surface area contributed by atoms with E-state index in [1.807, 2.05) is 24.3 Å². The van der Waals surface area contributed by atoms with Crippen LogP contribution >= 0.6 is 0 Å². The summed E-state index contributed by atoms with van der Waals surface area (Å²) in [5, 5.41) is 6.26. The first-order valence-corrected chi connectivity index (χ1v) is 10.8. The zero-order valence-corrected chi connectivity index (χ0v) is 18.8. The molecule has 0 bridgehead atoms. The maximum atomic E-state index is 12.8. The summed E-state index contributed by atoms with van der Waals surface area (Å²) in [6.07, 6.45) is 1.81. The molecule has 34 heavy (non-hydrogen) atoms. The summed E-state index contributed by atoms with van der Waals surface area (Å²) < 4.78 is 15.9. The highest BCUT2D eigenvalue weighted by molar-refractivity contribution is 5.95. The molecule has 0 spiro atoms. The lowest BCUT2D eigenvalue weighted by atomic mass is 9.95. The first kappa shape index (κ1) is 22.9. The van der Waals surface area contributed by atoms with E-state index < -0.39 is 24.0 Å². The van der Waals surface area contributed by atoms with Gasteiger partial charge in [-0.3, -0.25) is 4.79 Å². The minimum atomic E-state index is -0.777. The molecule has 4 rings (SSSR count). The van der Waals surface area contributed by atoms with Gasteiger partial charge in [0.2, 0.25) is 0 Å². The number of benzene rings is 2. The lowest BCUT2D eigenvalue weighted by molar-refractivity contribution is -0.143. The number of para-hydroxylation sites is 1. The van der Waals surface area contributed by atoms with Gasteiger partial charge in [-0.05, 0) is 36.2 Å². The summed E-state index contributed by atoms with van der Waals surface area (Å²) in [4.78, 5) is 40.9. The molecule has 9 heteroatoms. The van der Waals surface area contributed by atoms with Crippen LogP contribution in [0.25, 0.3) is 10.9 Å². The SMILES string of the molecule is CCOC(=O)C1=C(COC(=O)Cc2c[nH]c3ccccc23)NC(=O)N[C@H]1c1ccc(OC)cc1. The van der Waals surface area contributed by atoms with E-state index in [0.29, 0.717) is 11.3 Å². The second kappa shape index (κ2) is 10.1. The van der Waals surface area contributed by atoms with Crippen molar-refractivity contribution in [2.45, 2.75) is 19.4 Å². The standard InChI is InChI=1S/C25H25N3O6/c1-3-33-24(30)22-20(27-25(31)28-23(22)15-8-10-17(32-2)11-9-15)14-34-21(29)12-16-13-26-19-7-5-4-6-18(16)19/h4-11,13,23,26H,3,12,14H2,1-2H3,(H2,27,28,31)/t23-/m0/s1. The number of aromatic amines is 1. The van der Waals surface area contributed by atoms with Crippen LogP contribution in [0.4, 0.5) is 4.79 Å². The Kier molecular flexibility index (Phi) is 6.82. The van der Waals surface area contributed by atoms with E-state index in [4.69, 9.17) is 14.2 Å². The van der Waals surface area contributed by atoms with Crippen molar-refractivity contribution in [3.8, 4) is 5.75 Å². The van der Waals surface area contributed by atoms with Crippen molar-refractivity contribution in [2.24, 2.45) is 0 Å². The maximum Gasteiger partial charge on any atom is 0.338 e. The lowest BCUT2D eigenvalue weighted by Gasteiger charge is -2.29. The Labute approximate surface area is 196 Å². The van der Waals surface area contributed by atoms with E-state index in [1.54, 1.807) is 44.5 Å². The average Bonchev–Trinajstić information content (AvgIpc) is 3.25. The van der Waals surface area contributed by atoms with Crippen LogP contribution in [0.5, 0.6) is 5.75 Å². The van der Waals surface area contributed by atoms with Crippen LogP contribution < -0.4 is 15.4 Å². The van der Waals surface area contributed by atoms with Gasteiger partial charge in [0, 0.05) is 17.1 Å². The molecule has 0 radical (unpaired) electrons. The predicted molar refractivity (Wildman–Crippen MR) is 124 cm³/mol. The summed E-state index contributed by atoms with van der Waals surface area (Å²) in [7, 11) is 1.55.